The number of benzene rings is 2. The van der Waals surface area contributed by atoms with Crippen LogP contribution in [0.2, 0.25) is 10.0 Å². The fourth-order valence-corrected chi connectivity index (χ4v) is 2.37. The quantitative estimate of drug-likeness (QED) is 0.779. The minimum Gasteiger partial charge on any atom is -0.383 e. The monoisotopic (exact) mass is 336 g/mol. The molecule has 0 spiro atoms. The number of halogens is 2. The van der Waals surface area contributed by atoms with Gasteiger partial charge in [0.05, 0.1) is 15.7 Å². The minimum absolute atomic E-state index is 0.0464. The first-order valence-corrected chi connectivity index (χ1v) is 7.92. The Morgan fingerprint density at radius 1 is 1.09 bits per heavy atom. The summed E-state index contributed by atoms with van der Waals surface area (Å²) in [7, 11) is 0. The Kier molecular flexibility index (Phi) is 6.10. The van der Waals surface area contributed by atoms with Crippen molar-refractivity contribution in [2.24, 2.45) is 0 Å². The summed E-state index contributed by atoms with van der Waals surface area (Å²) in [6.07, 6.45) is 1.33. The molecule has 2 N–H and O–H groups in total. The van der Waals surface area contributed by atoms with Gasteiger partial charge in [-0.1, -0.05) is 48.3 Å². The predicted molar refractivity (Wildman–Crippen MR) is 94.0 cm³/mol. The van der Waals surface area contributed by atoms with E-state index in [2.05, 4.69) is 17.6 Å². The van der Waals surface area contributed by atoms with E-state index in [9.17, 15) is 4.79 Å². The molecule has 0 aromatic heterocycles. The summed E-state index contributed by atoms with van der Waals surface area (Å²) in [4.78, 5) is 11.9. The van der Waals surface area contributed by atoms with Crippen molar-refractivity contribution < 1.29 is 4.79 Å². The molecule has 2 rings (SSSR count). The number of carbonyl (C=O) groups excluding carboxylic acids is 1. The molecule has 0 aliphatic carbocycles. The lowest BCUT2D eigenvalue weighted by Gasteiger charge is -2.10. The highest BCUT2D eigenvalue weighted by molar-refractivity contribution is 6.43. The van der Waals surface area contributed by atoms with Gasteiger partial charge in [-0.05, 0) is 36.2 Å². The van der Waals surface area contributed by atoms with Gasteiger partial charge in [0.15, 0.2) is 0 Å². The van der Waals surface area contributed by atoms with Crippen LogP contribution >= 0.6 is 23.2 Å². The molecule has 0 aliphatic rings. The van der Waals surface area contributed by atoms with E-state index in [-0.39, 0.29) is 5.91 Å². The van der Waals surface area contributed by atoms with Crippen molar-refractivity contribution in [2.45, 2.75) is 19.8 Å². The van der Waals surface area contributed by atoms with E-state index in [1.807, 2.05) is 36.4 Å². The van der Waals surface area contributed by atoms with Gasteiger partial charge < -0.3 is 10.6 Å². The van der Waals surface area contributed by atoms with Crippen LogP contribution in [0.1, 0.15) is 18.9 Å². The lowest BCUT2D eigenvalue weighted by molar-refractivity contribution is -0.115. The second kappa shape index (κ2) is 8.06. The Bertz CT molecular complexity index is 642. The van der Waals surface area contributed by atoms with E-state index in [4.69, 9.17) is 23.2 Å². The molecule has 0 atom stereocenters. The van der Waals surface area contributed by atoms with Crippen molar-refractivity contribution in [3.8, 4) is 0 Å². The van der Waals surface area contributed by atoms with Gasteiger partial charge in [0.1, 0.15) is 0 Å². The third-order valence-electron chi connectivity index (χ3n) is 3.27. The van der Waals surface area contributed by atoms with E-state index in [1.165, 1.54) is 5.56 Å². The highest BCUT2D eigenvalue weighted by Gasteiger charge is 2.06. The second-order valence-corrected chi connectivity index (χ2v) is 5.66. The molecule has 0 bridgehead atoms. The van der Waals surface area contributed by atoms with Crippen LogP contribution < -0.4 is 10.6 Å². The van der Waals surface area contributed by atoms with Gasteiger partial charge in [0.2, 0.25) is 5.91 Å². The van der Waals surface area contributed by atoms with E-state index in [0.717, 1.165) is 17.8 Å². The lowest BCUT2D eigenvalue weighted by atomic mass is 10.1. The molecule has 0 saturated heterocycles. The molecule has 2 aromatic rings. The molecule has 116 valence electrons. The van der Waals surface area contributed by atoms with Gasteiger partial charge in [0, 0.05) is 18.7 Å². The number of rotatable bonds is 6. The number of carbonyl (C=O) groups is 1. The zero-order valence-corrected chi connectivity index (χ0v) is 13.8. The largest absolute Gasteiger partial charge is 0.383 e. The van der Waals surface area contributed by atoms with Crippen molar-refractivity contribution >= 4 is 40.5 Å². The number of hydrogen-bond acceptors (Lipinski definition) is 2. The summed E-state index contributed by atoms with van der Waals surface area (Å²) in [6, 6.07) is 13.2. The minimum atomic E-state index is -0.0464. The first-order valence-electron chi connectivity index (χ1n) is 7.17. The van der Waals surface area contributed by atoms with Crippen molar-refractivity contribution in [2.75, 3.05) is 17.2 Å². The average Bonchev–Trinajstić information content (AvgIpc) is 2.52. The molecule has 5 heteroatoms. The van der Waals surface area contributed by atoms with Crippen LogP contribution in [0.15, 0.2) is 42.5 Å². The standard InChI is InChI=1S/C17H18Cl2N2O/c1-2-12-6-8-13(9-7-12)21-16(22)10-11-20-15-5-3-4-14(18)17(15)19/h3-9,20H,2,10-11H2,1H3,(H,21,22). The van der Waals surface area contributed by atoms with Gasteiger partial charge in [-0.3, -0.25) is 4.79 Å². The van der Waals surface area contributed by atoms with E-state index in [0.29, 0.717) is 23.0 Å². The lowest BCUT2D eigenvalue weighted by Crippen LogP contribution is -2.16. The Morgan fingerprint density at radius 2 is 1.82 bits per heavy atom. The number of amides is 1. The van der Waals surface area contributed by atoms with E-state index < -0.39 is 0 Å². The van der Waals surface area contributed by atoms with Crippen LogP contribution in [0.4, 0.5) is 11.4 Å². The van der Waals surface area contributed by atoms with Gasteiger partial charge in [-0.2, -0.15) is 0 Å². The Morgan fingerprint density at radius 3 is 2.50 bits per heavy atom. The average molecular weight is 337 g/mol. The first kappa shape index (κ1) is 16.7. The van der Waals surface area contributed by atoms with E-state index >= 15 is 0 Å². The summed E-state index contributed by atoms with van der Waals surface area (Å²) in [5.74, 6) is -0.0464. The fourth-order valence-electron chi connectivity index (χ4n) is 2.00. The molecule has 0 aliphatic heterocycles. The van der Waals surface area contributed by atoms with Crippen LogP contribution in [-0.2, 0) is 11.2 Å². The molecule has 0 heterocycles. The SMILES string of the molecule is CCc1ccc(NC(=O)CCNc2cccc(Cl)c2Cl)cc1. The molecule has 3 nitrogen and oxygen atoms in total. The highest BCUT2D eigenvalue weighted by Crippen LogP contribution is 2.29. The maximum atomic E-state index is 11.9. The molecule has 0 unspecified atom stereocenters. The summed E-state index contributed by atoms with van der Waals surface area (Å²) >= 11 is 12.0. The van der Waals surface area contributed by atoms with Crippen molar-refractivity contribution in [1.82, 2.24) is 0 Å². The van der Waals surface area contributed by atoms with Crippen LogP contribution in [0, 0.1) is 0 Å². The van der Waals surface area contributed by atoms with Crippen LogP contribution in [0.25, 0.3) is 0 Å². The second-order valence-electron chi connectivity index (χ2n) is 4.88. The zero-order valence-electron chi connectivity index (χ0n) is 12.3. The Hall–Kier alpha value is -1.71. The van der Waals surface area contributed by atoms with Crippen molar-refractivity contribution in [3.63, 3.8) is 0 Å². The van der Waals surface area contributed by atoms with Gasteiger partial charge in [-0.15, -0.1) is 0 Å². The number of hydrogen-bond donors (Lipinski definition) is 2. The Balaban J connectivity index is 1.81. The zero-order chi connectivity index (χ0) is 15.9. The molecule has 1 amide bonds. The number of aryl methyl sites for hydroxylation is 1. The Labute approximate surface area is 140 Å². The predicted octanol–water partition coefficient (Wildman–Crippen LogP) is 5.00. The summed E-state index contributed by atoms with van der Waals surface area (Å²) in [5, 5.41) is 6.94. The maximum absolute atomic E-state index is 11.9. The van der Waals surface area contributed by atoms with Crippen molar-refractivity contribution in [3.05, 3.63) is 58.1 Å². The summed E-state index contributed by atoms with van der Waals surface area (Å²) < 4.78 is 0. The summed E-state index contributed by atoms with van der Waals surface area (Å²) in [5.41, 5.74) is 2.78. The fraction of sp³-hybridized carbons (Fsp3) is 0.235. The van der Waals surface area contributed by atoms with Gasteiger partial charge in [-0.25, -0.2) is 0 Å². The van der Waals surface area contributed by atoms with Gasteiger partial charge in [0.25, 0.3) is 0 Å². The molecule has 0 saturated carbocycles. The van der Waals surface area contributed by atoms with Crippen LogP contribution in [0.3, 0.4) is 0 Å². The highest BCUT2D eigenvalue weighted by atomic mass is 35.5. The molecule has 22 heavy (non-hydrogen) atoms. The summed E-state index contributed by atoms with van der Waals surface area (Å²) in [6.45, 7) is 2.58. The molecule has 2 aromatic carbocycles. The topological polar surface area (TPSA) is 41.1 Å². The van der Waals surface area contributed by atoms with Gasteiger partial charge >= 0.3 is 0 Å². The normalized spacial score (nSPS) is 10.3. The first-order chi connectivity index (χ1) is 10.6. The third-order valence-corrected chi connectivity index (χ3v) is 4.08. The molecule has 0 radical (unpaired) electrons. The van der Waals surface area contributed by atoms with Crippen molar-refractivity contribution in [1.29, 1.82) is 0 Å². The van der Waals surface area contributed by atoms with E-state index in [1.54, 1.807) is 6.07 Å². The smallest absolute Gasteiger partial charge is 0.226 e. The number of anilines is 2. The molecule has 0 fully saturated rings. The number of nitrogens with one attached hydrogen (secondary N) is 2. The van der Waals surface area contributed by atoms with Crippen LogP contribution in [0.5, 0.6) is 0 Å². The van der Waals surface area contributed by atoms with Crippen LogP contribution in [-0.4, -0.2) is 12.5 Å². The molecular formula is C17H18Cl2N2O. The maximum Gasteiger partial charge on any atom is 0.226 e. The third kappa shape index (κ3) is 4.65. The molecular weight excluding hydrogens is 319 g/mol.